The first-order valence-corrected chi connectivity index (χ1v) is 6.88. The number of anilines is 1. The number of fused-ring (bicyclic) bond motifs is 1. The largest absolute Gasteiger partial charge is 0.321 e. The number of carbonyl (C=O) groups excluding carboxylic acids is 1. The van der Waals surface area contributed by atoms with Gasteiger partial charge in [-0.25, -0.2) is 0 Å². The summed E-state index contributed by atoms with van der Waals surface area (Å²) in [6.07, 6.45) is 1.75. The molecule has 2 aromatic heterocycles. The summed E-state index contributed by atoms with van der Waals surface area (Å²) < 4.78 is 1.80. The van der Waals surface area contributed by atoms with Gasteiger partial charge in [-0.05, 0) is 37.3 Å². The van der Waals surface area contributed by atoms with E-state index in [1.807, 2.05) is 6.92 Å². The van der Waals surface area contributed by atoms with Crippen LogP contribution in [0.3, 0.4) is 0 Å². The first kappa shape index (κ1) is 13.9. The van der Waals surface area contributed by atoms with Crippen LogP contribution in [0, 0.1) is 6.92 Å². The van der Waals surface area contributed by atoms with Gasteiger partial charge in [-0.2, -0.15) is 0 Å². The van der Waals surface area contributed by atoms with Crippen LogP contribution in [0.25, 0.3) is 5.65 Å². The van der Waals surface area contributed by atoms with Crippen molar-refractivity contribution >= 4 is 40.4 Å². The molecule has 7 heteroatoms. The number of aryl methyl sites for hydroxylation is 1. The van der Waals surface area contributed by atoms with Gasteiger partial charge in [-0.3, -0.25) is 9.20 Å². The maximum Gasteiger partial charge on any atom is 0.255 e. The third kappa shape index (κ3) is 2.70. The van der Waals surface area contributed by atoms with Crippen molar-refractivity contribution in [2.75, 3.05) is 5.32 Å². The van der Waals surface area contributed by atoms with E-state index in [9.17, 15) is 4.79 Å². The molecule has 0 fully saturated rings. The number of hydrogen-bond acceptors (Lipinski definition) is 3. The Bertz CT molecular complexity index is 844. The number of pyridine rings is 1. The summed E-state index contributed by atoms with van der Waals surface area (Å²) in [5.74, 6) is 0.486. The highest BCUT2D eigenvalue weighted by atomic mass is 35.5. The molecular formula is C14H10Cl2N4O. The van der Waals surface area contributed by atoms with E-state index in [1.54, 1.807) is 40.9 Å². The van der Waals surface area contributed by atoms with Crippen LogP contribution in [-0.2, 0) is 0 Å². The zero-order chi connectivity index (χ0) is 15.0. The fraction of sp³-hybridized carbons (Fsp3) is 0.0714. The molecule has 3 rings (SSSR count). The summed E-state index contributed by atoms with van der Waals surface area (Å²) in [6, 6.07) is 8.25. The summed E-state index contributed by atoms with van der Waals surface area (Å²) in [6.45, 7) is 1.84. The topological polar surface area (TPSA) is 59.3 Å². The van der Waals surface area contributed by atoms with Crippen LogP contribution in [-0.4, -0.2) is 20.5 Å². The van der Waals surface area contributed by atoms with Gasteiger partial charge in [0.2, 0.25) is 0 Å². The van der Waals surface area contributed by atoms with Crippen molar-refractivity contribution in [2.45, 2.75) is 6.92 Å². The van der Waals surface area contributed by atoms with E-state index < -0.39 is 0 Å². The fourth-order valence-electron chi connectivity index (χ4n) is 1.94. The SMILES string of the molecule is Cc1nnc2cc(C(=O)Nc3ccc(Cl)cc3Cl)ccn12. The van der Waals surface area contributed by atoms with Gasteiger partial charge >= 0.3 is 0 Å². The van der Waals surface area contributed by atoms with Crippen LogP contribution in [0.5, 0.6) is 0 Å². The number of aromatic nitrogens is 3. The first-order chi connectivity index (χ1) is 10.0. The molecule has 2 heterocycles. The molecule has 21 heavy (non-hydrogen) atoms. The zero-order valence-electron chi connectivity index (χ0n) is 11.0. The number of benzene rings is 1. The van der Waals surface area contributed by atoms with Crippen LogP contribution < -0.4 is 5.32 Å². The molecule has 0 spiro atoms. The van der Waals surface area contributed by atoms with Crippen LogP contribution in [0.2, 0.25) is 10.0 Å². The van der Waals surface area contributed by atoms with E-state index in [1.165, 1.54) is 0 Å². The average Bonchev–Trinajstić information content (AvgIpc) is 2.83. The predicted octanol–water partition coefficient (Wildman–Crippen LogP) is 3.60. The van der Waals surface area contributed by atoms with Crippen LogP contribution in [0.1, 0.15) is 16.2 Å². The second kappa shape index (κ2) is 5.35. The second-order valence-electron chi connectivity index (χ2n) is 4.47. The molecule has 0 aliphatic heterocycles. The lowest BCUT2D eigenvalue weighted by Crippen LogP contribution is -2.12. The smallest absolute Gasteiger partial charge is 0.255 e. The van der Waals surface area contributed by atoms with E-state index in [-0.39, 0.29) is 5.91 Å². The standard InChI is InChI=1S/C14H10Cl2N4O/c1-8-18-19-13-6-9(4-5-20(8)13)14(21)17-12-3-2-10(15)7-11(12)16/h2-7H,1H3,(H,17,21). The molecule has 0 aliphatic rings. The van der Waals surface area contributed by atoms with Crippen molar-refractivity contribution in [3.63, 3.8) is 0 Å². The molecule has 106 valence electrons. The summed E-state index contributed by atoms with van der Waals surface area (Å²) >= 11 is 11.9. The molecule has 0 bridgehead atoms. The third-order valence-corrected chi connectivity index (χ3v) is 3.57. The Kier molecular flexibility index (Phi) is 3.53. The van der Waals surface area contributed by atoms with E-state index in [4.69, 9.17) is 23.2 Å². The van der Waals surface area contributed by atoms with Gasteiger partial charge < -0.3 is 5.32 Å². The zero-order valence-corrected chi connectivity index (χ0v) is 12.5. The molecular weight excluding hydrogens is 311 g/mol. The highest BCUT2D eigenvalue weighted by Crippen LogP contribution is 2.25. The number of carbonyl (C=O) groups is 1. The van der Waals surface area contributed by atoms with Crippen molar-refractivity contribution in [1.82, 2.24) is 14.6 Å². The number of halogens is 2. The average molecular weight is 321 g/mol. The number of amides is 1. The van der Waals surface area contributed by atoms with Gasteiger partial charge in [-0.15, -0.1) is 10.2 Å². The number of nitrogens with one attached hydrogen (secondary N) is 1. The molecule has 0 atom stereocenters. The summed E-state index contributed by atoms with van der Waals surface area (Å²) in [4.78, 5) is 12.2. The fourth-order valence-corrected chi connectivity index (χ4v) is 2.39. The third-order valence-electron chi connectivity index (χ3n) is 3.02. The minimum atomic E-state index is -0.276. The van der Waals surface area contributed by atoms with E-state index >= 15 is 0 Å². The lowest BCUT2D eigenvalue weighted by atomic mass is 10.2. The number of hydrogen-bond donors (Lipinski definition) is 1. The normalized spacial score (nSPS) is 10.8. The second-order valence-corrected chi connectivity index (χ2v) is 5.31. The molecule has 1 amide bonds. The maximum absolute atomic E-state index is 12.2. The van der Waals surface area contributed by atoms with Crippen LogP contribution in [0.15, 0.2) is 36.5 Å². The van der Waals surface area contributed by atoms with Crippen molar-refractivity contribution < 1.29 is 4.79 Å². The Morgan fingerprint density at radius 3 is 2.76 bits per heavy atom. The van der Waals surface area contributed by atoms with Crippen LogP contribution in [0.4, 0.5) is 5.69 Å². The molecule has 0 saturated carbocycles. The van der Waals surface area contributed by atoms with Gasteiger partial charge in [0.1, 0.15) is 5.82 Å². The van der Waals surface area contributed by atoms with Crippen LogP contribution >= 0.6 is 23.2 Å². The molecule has 0 saturated heterocycles. The minimum Gasteiger partial charge on any atom is -0.321 e. The van der Waals surface area contributed by atoms with E-state index in [0.29, 0.717) is 26.9 Å². The Morgan fingerprint density at radius 2 is 2.00 bits per heavy atom. The van der Waals surface area contributed by atoms with Crippen molar-refractivity contribution in [1.29, 1.82) is 0 Å². The van der Waals surface area contributed by atoms with Gasteiger partial charge in [-0.1, -0.05) is 23.2 Å². The van der Waals surface area contributed by atoms with E-state index in [0.717, 1.165) is 5.82 Å². The molecule has 1 N–H and O–H groups in total. The predicted molar refractivity (Wildman–Crippen MR) is 82.1 cm³/mol. The Morgan fingerprint density at radius 1 is 1.19 bits per heavy atom. The highest BCUT2D eigenvalue weighted by Gasteiger charge is 2.11. The van der Waals surface area contributed by atoms with Gasteiger partial charge in [0.05, 0.1) is 10.7 Å². The molecule has 0 aliphatic carbocycles. The van der Waals surface area contributed by atoms with Crippen molar-refractivity contribution in [3.8, 4) is 0 Å². The number of nitrogens with zero attached hydrogens (tertiary/aromatic N) is 3. The van der Waals surface area contributed by atoms with Crippen molar-refractivity contribution in [3.05, 3.63) is 58.0 Å². The minimum absolute atomic E-state index is 0.276. The molecule has 1 aromatic carbocycles. The molecule has 0 radical (unpaired) electrons. The molecule has 0 unspecified atom stereocenters. The summed E-state index contributed by atoms with van der Waals surface area (Å²) in [5, 5.41) is 11.6. The Balaban J connectivity index is 1.89. The van der Waals surface area contributed by atoms with Gasteiger partial charge in [0, 0.05) is 16.8 Å². The quantitative estimate of drug-likeness (QED) is 0.784. The maximum atomic E-state index is 12.2. The summed E-state index contributed by atoms with van der Waals surface area (Å²) in [7, 11) is 0. The lowest BCUT2D eigenvalue weighted by molar-refractivity contribution is 0.102. The molecule has 5 nitrogen and oxygen atoms in total. The Hall–Kier alpha value is -2.11. The Labute approximate surface area is 130 Å². The highest BCUT2D eigenvalue weighted by molar-refractivity contribution is 6.36. The molecule has 3 aromatic rings. The first-order valence-electron chi connectivity index (χ1n) is 6.12. The van der Waals surface area contributed by atoms with E-state index in [2.05, 4.69) is 15.5 Å². The lowest BCUT2D eigenvalue weighted by Gasteiger charge is -2.07. The number of rotatable bonds is 2. The summed E-state index contributed by atoms with van der Waals surface area (Å²) in [5.41, 5.74) is 1.59. The monoisotopic (exact) mass is 320 g/mol. The van der Waals surface area contributed by atoms with Gasteiger partial charge in [0.15, 0.2) is 5.65 Å². The van der Waals surface area contributed by atoms with Crippen molar-refractivity contribution in [2.24, 2.45) is 0 Å². The van der Waals surface area contributed by atoms with Gasteiger partial charge in [0.25, 0.3) is 5.91 Å².